The van der Waals surface area contributed by atoms with Crippen LogP contribution in [0.4, 0.5) is 0 Å². The Morgan fingerprint density at radius 2 is 2.00 bits per heavy atom. The summed E-state index contributed by atoms with van der Waals surface area (Å²) in [5.74, 6) is 0. The summed E-state index contributed by atoms with van der Waals surface area (Å²) in [4.78, 5) is 9.65. The lowest BCUT2D eigenvalue weighted by molar-refractivity contribution is -0.104. The molecule has 8 heavy (non-hydrogen) atoms. The molecule has 2 heteroatoms. The predicted octanol–water partition coefficient (Wildman–Crippen LogP) is 0.512. The maximum atomic E-state index is 9.65. The largest absolute Gasteiger partial charge is 0.386 e. The Morgan fingerprint density at radius 1 is 1.50 bits per heavy atom. The predicted molar refractivity (Wildman–Crippen MR) is 31.5 cm³/mol. The average molecular weight is 114 g/mol. The first-order valence-corrected chi connectivity index (χ1v) is 2.41. The molecule has 0 aliphatic heterocycles. The lowest BCUT2D eigenvalue weighted by Crippen LogP contribution is -2.13. The van der Waals surface area contributed by atoms with Crippen LogP contribution in [-0.4, -0.2) is 17.0 Å². The summed E-state index contributed by atoms with van der Waals surface area (Å²) < 4.78 is 0. The molecule has 0 radical (unpaired) electrons. The van der Waals surface area contributed by atoms with Gasteiger partial charge in [-0.15, -0.1) is 0 Å². The standard InChI is InChI=1S/C6H10O2/c1-6(2,8)4-3-5-7/h3-5,8H,1-2H3/b4-3+. The number of rotatable bonds is 2. The van der Waals surface area contributed by atoms with Crippen LogP contribution in [0.2, 0.25) is 0 Å². The number of hydrogen-bond donors (Lipinski definition) is 1. The van der Waals surface area contributed by atoms with Gasteiger partial charge in [-0.05, 0) is 19.9 Å². The van der Waals surface area contributed by atoms with Crippen LogP contribution in [0.15, 0.2) is 12.2 Å². The number of aldehydes is 1. The number of hydrogen-bond acceptors (Lipinski definition) is 2. The van der Waals surface area contributed by atoms with Crippen molar-refractivity contribution in [2.24, 2.45) is 0 Å². The molecule has 0 rings (SSSR count). The van der Waals surface area contributed by atoms with Crippen LogP contribution in [-0.2, 0) is 4.79 Å². The monoisotopic (exact) mass is 114 g/mol. The first kappa shape index (κ1) is 7.37. The molecule has 0 aromatic heterocycles. The van der Waals surface area contributed by atoms with Crippen molar-refractivity contribution in [2.45, 2.75) is 19.4 Å². The van der Waals surface area contributed by atoms with Crippen LogP contribution in [0.25, 0.3) is 0 Å². The van der Waals surface area contributed by atoms with Crippen molar-refractivity contribution in [3.8, 4) is 0 Å². The first-order chi connectivity index (χ1) is 3.56. The molecule has 1 N–H and O–H groups in total. The topological polar surface area (TPSA) is 37.3 Å². The molecule has 0 heterocycles. The molecular formula is C6H10O2. The Labute approximate surface area is 48.8 Å². The molecule has 0 bridgehead atoms. The fraction of sp³-hybridized carbons (Fsp3) is 0.500. The third kappa shape index (κ3) is 5.37. The van der Waals surface area contributed by atoms with E-state index in [2.05, 4.69) is 0 Å². The van der Waals surface area contributed by atoms with Crippen LogP contribution in [0.3, 0.4) is 0 Å². The number of carbonyl (C=O) groups is 1. The molecule has 0 saturated carbocycles. The van der Waals surface area contributed by atoms with Gasteiger partial charge in [0.2, 0.25) is 0 Å². The normalized spacial score (nSPS) is 12.4. The van der Waals surface area contributed by atoms with Gasteiger partial charge >= 0.3 is 0 Å². The van der Waals surface area contributed by atoms with Gasteiger partial charge in [0.15, 0.2) is 0 Å². The van der Waals surface area contributed by atoms with Crippen molar-refractivity contribution in [1.82, 2.24) is 0 Å². The van der Waals surface area contributed by atoms with Crippen molar-refractivity contribution >= 4 is 6.29 Å². The van der Waals surface area contributed by atoms with Gasteiger partial charge in [-0.1, -0.05) is 6.08 Å². The van der Waals surface area contributed by atoms with Crippen LogP contribution in [0.1, 0.15) is 13.8 Å². The highest BCUT2D eigenvalue weighted by molar-refractivity contribution is 5.64. The summed E-state index contributed by atoms with van der Waals surface area (Å²) in [7, 11) is 0. The average Bonchev–Trinajstić information content (AvgIpc) is 1.59. The molecule has 0 unspecified atom stereocenters. The molecule has 0 atom stereocenters. The summed E-state index contributed by atoms with van der Waals surface area (Å²) in [5, 5.41) is 8.90. The van der Waals surface area contributed by atoms with Crippen molar-refractivity contribution in [2.75, 3.05) is 0 Å². The van der Waals surface area contributed by atoms with Gasteiger partial charge in [0.05, 0.1) is 5.60 Å². The minimum absolute atomic E-state index is 0.637. The second-order valence-electron chi connectivity index (χ2n) is 2.15. The zero-order valence-corrected chi connectivity index (χ0v) is 5.09. The minimum atomic E-state index is -0.860. The second-order valence-corrected chi connectivity index (χ2v) is 2.15. The van der Waals surface area contributed by atoms with E-state index >= 15 is 0 Å². The van der Waals surface area contributed by atoms with E-state index in [1.807, 2.05) is 0 Å². The van der Waals surface area contributed by atoms with E-state index in [1.165, 1.54) is 12.2 Å². The van der Waals surface area contributed by atoms with E-state index in [0.29, 0.717) is 6.29 Å². The third-order valence-corrected chi connectivity index (χ3v) is 0.583. The van der Waals surface area contributed by atoms with E-state index in [9.17, 15) is 4.79 Å². The Hall–Kier alpha value is -0.630. The minimum Gasteiger partial charge on any atom is -0.386 e. The molecule has 0 aromatic rings. The molecule has 0 saturated heterocycles. The number of carbonyl (C=O) groups excluding carboxylic acids is 1. The molecule has 0 aliphatic rings. The molecule has 0 aliphatic carbocycles. The van der Waals surface area contributed by atoms with Crippen molar-refractivity contribution in [3.63, 3.8) is 0 Å². The zero-order chi connectivity index (χ0) is 6.62. The first-order valence-electron chi connectivity index (χ1n) is 2.41. The van der Waals surface area contributed by atoms with Gasteiger partial charge in [-0.25, -0.2) is 0 Å². The lowest BCUT2D eigenvalue weighted by Gasteiger charge is -2.08. The van der Waals surface area contributed by atoms with E-state index < -0.39 is 5.60 Å². The van der Waals surface area contributed by atoms with Gasteiger partial charge in [0, 0.05) is 0 Å². The number of aliphatic hydroxyl groups is 1. The van der Waals surface area contributed by atoms with Crippen LogP contribution in [0.5, 0.6) is 0 Å². The Kier molecular flexibility index (Phi) is 2.42. The smallest absolute Gasteiger partial charge is 0.142 e. The van der Waals surface area contributed by atoms with Gasteiger partial charge in [0.1, 0.15) is 6.29 Å². The maximum Gasteiger partial charge on any atom is 0.142 e. The molecule has 0 fully saturated rings. The van der Waals surface area contributed by atoms with E-state index in [4.69, 9.17) is 5.11 Å². The maximum absolute atomic E-state index is 9.65. The summed E-state index contributed by atoms with van der Waals surface area (Å²) in [6.07, 6.45) is 3.35. The SMILES string of the molecule is CC(C)(O)/C=C/C=O. The molecule has 0 aromatic carbocycles. The van der Waals surface area contributed by atoms with Crippen molar-refractivity contribution in [3.05, 3.63) is 12.2 Å². The Bertz CT molecular complexity index is 97.6. The molecular weight excluding hydrogens is 104 g/mol. The van der Waals surface area contributed by atoms with Crippen LogP contribution >= 0.6 is 0 Å². The lowest BCUT2D eigenvalue weighted by atomic mass is 10.1. The van der Waals surface area contributed by atoms with E-state index in [-0.39, 0.29) is 0 Å². The van der Waals surface area contributed by atoms with Gasteiger partial charge in [-0.3, -0.25) is 4.79 Å². The molecule has 46 valence electrons. The highest BCUT2D eigenvalue weighted by Gasteiger charge is 2.04. The molecule has 0 spiro atoms. The number of allylic oxidation sites excluding steroid dienone is 1. The fourth-order valence-electron chi connectivity index (χ4n) is 0.275. The fourth-order valence-corrected chi connectivity index (χ4v) is 0.275. The van der Waals surface area contributed by atoms with Gasteiger partial charge in [-0.2, -0.15) is 0 Å². The highest BCUT2D eigenvalue weighted by Crippen LogP contribution is 2.00. The highest BCUT2D eigenvalue weighted by atomic mass is 16.3. The summed E-state index contributed by atoms with van der Waals surface area (Å²) in [5.41, 5.74) is -0.860. The zero-order valence-electron chi connectivity index (χ0n) is 5.09. The molecule has 0 amide bonds. The summed E-state index contributed by atoms with van der Waals surface area (Å²) in [6.45, 7) is 3.21. The quantitative estimate of drug-likeness (QED) is 0.419. The van der Waals surface area contributed by atoms with E-state index in [0.717, 1.165) is 0 Å². The third-order valence-electron chi connectivity index (χ3n) is 0.583. The Balaban J connectivity index is 3.69. The van der Waals surface area contributed by atoms with Crippen molar-refractivity contribution < 1.29 is 9.90 Å². The van der Waals surface area contributed by atoms with Crippen molar-refractivity contribution in [1.29, 1.82) is 0 Å². The van der Waals surface area contributed by atoms with E-state index in [1.54, 1.807) is 13.8 Å². The van der Waals surface area contributed by atoms with Crippen LogP contribution in [0, 0.1) is 0 Å². The Morgan fingerprint density at radius 3 is 2.12 bits per heavy atom. The van der Waals surface area contributed by atoms with Gasteiger partial charge < -0.3 is 5.11 Å². The van der Waals surface area contributed by atoms with Gasteiger partial charge in [0.25, 0.3) is 0 Å². The summed E-state index contributed by atoms with van der Waals surface area (Å²) in [6, 6.07) is 0. The summed E-state index contributed by atoms with van der Waals surface area (Å²) >= 11 is 0. The molecule has 2 nitrogen and oxygen atoms in total. The van der Waals surface area contributed by atoms with Crippen LogP contribution < -0.4 is 0 Å². The second kappa shape index (κ2) is 2.62.